The van der Waals surface area contributed by atoms with Gasteiger partial charge in [0.2, 0.25) is 0 Å². The highest BCUT2D eigenvalue weighted by Gasteiger charge is 2.42. The molecule has 0 saturated carbocycles. The van der Waals surface area contributed by atoms with E-state index in [2.05, 4.69) is 13.8 Å². The molecule has 0 unspecified atom stereocenters. The molecule has 0 radical (unpaired) electrons. The lowest BCUT2D eigenvalue weighted by Crippen LogP contribution is -2.44. The molecular weight excluding hydrogens is 260 g/mol. The van der Waals surface area contributed by atoms with Crippen LogP contribution in [-0.4, -0.2) is 20.5 Å². The lowest BCUT2D eigenvalue weighted by Gasteiger charge is -2.29. The van der Waals surface area contributed by atoms with Crippen molar-refractivity contribution in [3.05, 3.63) is 0 Å². The predicted molar refractivity (Wildman–Crippen MR) is 78.0 cm³/mol. The van der Waals surface area contributed by atoms with Crippen LogP contribution in [0.25, 0.3) is 0 Å². The number of hydrogen-bond donors (Lipinski definition) is 0. The summed E-state index contributed by atoms with van der Waals surface area (Å²) < 4.78 is 11.0. The molecule has 0 amide bonds. The van der Waals surface area contributed by atoms with Gasteiger partial charge in [0.25, 0.3) is 11.9 Å². The Morgan fingerprint density at radius 1 is 0.789 bits per heavy atom. The molecule has 0 spiro atoms. The molecule has 0 fully saturated rings. The van der Waals surface area contributed by atoms with Crippen LogP contribution in [0.5, 0.6) is 0 Å². The van der Waals surface area contributed by atoms with Crippen LogP contribution in [0.15, 0.2) is 0 Å². The van der Waals surface area contributed by atoms with E-state index in [1.54, 1.807) is 0 Å². The normalized spacial score (nSPS) is 11.2. The summed E-state index contributed by atoms with van der Waals surface area (Å²) in [6.07, 6.45) is 6.25. The van der Waals surface area contributed by atoms with E-state index in [4.69, 9.17) is 8.85 Å². The zero-order chi connectivity index (χ0) is 14.7. The standard InChI is InChI=1S/C14H28O4Si/c1-5-7-9-11-19(17-13(3)15,18-14(4)16)12-10-8-6-2/h5-12H2,1-4H3. The van der Waals surface area contributed by atoms with Crippen molar-refractivity contribution in [1.82, 2.24) is 0 Å². The molecule has 4 nitrogen and oxygen atoms in total. The van der Waals surface area contributed by atoms with Gasteiger partial charge in [0, 0.05) is 25.9 Å². The molecule has 19 heavy (non-hydrogen) atoms. The average molecular weight is 288 g/mol. The topological polar surface area (TPSA) is 52.6 Å². The smallest absolute Gasteiger partial charge is 0.464 e. The Morgan fingerprint density at radius 2 is 1.16 bits per heavy atom. The minimum Gasteiger partial charge on any atom is -0.485 e. The summed E-state index contributed by atoms with van der Waals surface area (Å²) >= 11 is 0. The highest BCUT2D eigenvalue weighted by molar-refractivity contribution is 6.70. The number of hydrogen-bond acceptors (Lipinski definition) is 4. The summed E-state index contributed by atoms with van der Waals surface area (Å²) in [4.78, 5) is 22.7. The summed E-state index contributed by atoms with van der Waals surface area (Å²) in [6, 6.07) is 1.45. The lowest BCUT2D eigenvalue weighted by molar-refractivity contribution is -0.139. The Kier molecular flexibility index (Phi) is 9.56. The van der Waals surface area contributed by atoms with Gasteiger partial charge in [0.05, 0.1) is 0 Å². The van der Waals surface area contributed by atoms with Crippen molar-refractivity contribution in [3.8, 4) is 0 Å². The molecule has 0 aromatic carbocycles. The Morgan fingerprint density at radius 3 is 1.42 bits per heavy atom. The zero-order valence-corrected chi connectivity index (χ0v) is 13.8. The van der Waals surface area contributed by atoms with E-state index in [-0.39, 0.29) is 11.9 Å². The highest BCUT2D eigenvalue weighted by atomic mass is 28.4. The molecule has 0 aromatic rings. The summed E-state index contributed by atoms with van der Waals surface area (Å²) in [5.74, 6) is -0.665. The van der Waals surface area contributed by atoms with Crippen LogP contribution in [0.3, 0.4) is 0 Å². The van der Waals surface area contributed by atoms with E-state index in [1.807, 2.05) is 0 Å². The number of carbonyl (C=O) groups excluding carboxylic acids is 2. The van der Waals surface area contributed by atoms with E-state index in [1.165, 1.54) is 13.8 Å². The molecule has 0 aromatic heterocycles. The van der Waals surface area contributed by atoms with Crippen molar-refractivity contribution in [2.45, 2.75) is 78.3 Å². The fourth-order valence-electron chi connectivity index (χ4n) is 2.16. The van der Waals surface area contributed by atoms with E-state index in [0.29, 0.717) is 0 Å². The first kappa shape index (κ1) is 18.2. The summed E-state index contributed by atoms with van der Waals surface area (Å²) in [6.45, 7) is 7.03. The maximum Gasteiger partial charge on any atom is 0.464 e. The molecule has 0 aliphatic carbocycles. The SMILES string of the molecule is CCCCC[Si](CCCCC)(OC(C)=O)OC(C)=O. The largest absolute Gasteiger partial charge is 0.485 e. The summed E-state index contributed by atoms with van der Waals surface area (Å²) in [5.41, 5.74) is 0. The fourth-order valence-corrected chi connectivity index (χ4v) is 5.49. The van der Waals surface area contributed by atoms with Gasteiger partial charge < -0.3 is 8.85 Å². The molecule has 0 rings (SSSR count). The Labute approximate surface area is 118 Å². The maximum absolute atomic E-state index is 11.3. The first-order chi connectivity index (χ1) is 8.95. The zero-order valence-electron chi connectivity index (χ0n) is 12.8. The van der Waals surface area contributed by atoms with Crippen LogP contribution in [0.4, 0.5) is 0 Å². The van der Waals surface area contributed by atoms with Gasteiger partial charge in [-0.25, -0.2) is 0 Å². The van der Waals surface area contributed by atoms with Crippen molar-refractivity contribution in [1.29, 1.82) is 0 Å². The minimum absolute atomic E-state index is 0.332. The predicted octanol–water partition coefficient (Wildman–Crippen LogP) is 3.94. The van der Waals surface area contributed by atoms with Crippen molar-refractivity contribution in [2.24, 2.45) is 0 Å². The molecule has 0 aliphatic heterocycles. The third-order valence-corrected chi connectivity index (χ3v) is 6.53. The molecule has 0 N–H and O–H groups in total. The van der Waals surface area contributed by atoms with Gasteiger partial charge in [0.1, 0.15) is 0 Å². The fraction of sp³-hybridized carbons (Fsp3) is 0.857. The van der Waals surface area contributed by atoms with Crippen molar-refractivity contribution >= 4 is 20.5 Å². The van der Waals surface area contributed by atoms with Crippen LogP contribution in [0.2, 0.25) is 12.1 Å². The molecule has 0 saturated heterocycles. The van der Waals surface area contributed by atoms with E-state index in [9.17, 15) is 9.59 Å². The van der Waals surface area contributed by atoms with Crippen molar-refractivity contribution < 1.29 is 18.4 Å². The average Bonchev–Trinajstić information content (AvgIpc) is 2.27. The van der Waals surface area contributed by atoms with Gasteiger partial charge in [-0.3, -0.25) is 9.59 Å². The lowest BCUT2D eigenvalue weighted by atomic mass is 10.3. The monoisotopic (exact) mass is 288 g/mol. The van der Waals surface area contributed by atoms with Crippen molar-refractivity contribution in [2.75, 3.05) is 0 Å². The Balaban J connectivity index is 4.73. The van der Waals surface area contributed by atoms with Gasteiger partial charge in [-0.05, 0) is 12.8 Å². The van der Waals surface area contributed by atoms with Crippen LogP contribution >= 0.6 is 0 Å². The van der Waals surface area contributed by atoms with Crippen LogP contribution in [-0.2, 0) is 18.4 Å². The van der Waals surface area contributed by atoms with Gasteiger partial charge in [-0.15, -0.1) is 0 Å². The second-order valence-electron chi connectivity index (χ2n) is 5.01. The second kappa shape index (κ2) is 10.0. The third-order valence-electron chi connectivity index (χ3n) is 2.98. The molecule has 112 valence electrons. The van der Waals surface area contributed by atoms with Gasteiger partial charge in [-0.1, -0.05) is 39.5 Å². The molecule has 0 bridgehead atoms. The Hall–Kier alpha value is -0.843. The molecular formula is C14H28O4Si. The van der Waals surface area contributed by atoms with Gasteiger partial charge >= 0.3 is 8.56 Å². The first-order valence-corrected chi connectivity index (χ1v) is 9.58. The van der Waals surface area contributed by atoms with E-state index in [0.717, 1.165) is 50.6 Å². The summed E-state index contributed by atoms with van der Waals surface area (Å²) in [5, 5.41) is 0. The molecule has 0 atom stereocenters. The highest BCUT2D eigenvalue weighted by Crippen LogP contribution is 2.26. The van der Waals surface area contributed by atoms with Crippen molar-refractivity contribution in [3.63, 3.8) is 0 Å². The van der Waals surface area contributed by atoms with Crippen LogP contribution in [0.1, 0.15) is 66.2 Å². The summed E-state index contributed by atoms with van der Waals surface area (Å²) in [7, 11) is -2.70. The maximum atomic E-state index is 11.3. The van der Waals surface area contributed by atoms with E-state index >= 15 is 0 Å². The van der Waals surface area contributed by atoms with Crippen LogP contribution in [0, 0.1) is 0 Å². The Bertz CT molecular complexity index is 251. The number of rotatable bonds is 10. The van der Waals surface area contributed by atoms with Crippen LogP contribution < -0.4 is 0 Å². The van der Waals surface area contributed by atoms with E-state index < -0.39 is 8.56 Å². The molecule has 5 heteroatoms. The molecule has 0 aliphatic rings. The minimum atomic E-state index is -2.70. The quantitative estimate of drug-likeness (QED) is 0.451. The number of carbonyl (C=O) groups is 2. The second-order valence-corrected chi connectivity index (χ2v) is 8.24. The van der Waals surface area contributed by atoms with Gasteiger partial charge in [-0.2, -0.15) is 0 Å². The number of unbranched alkanes of at least 4 members (excludes halogenated alkanes) is 4. The van der Waals surface area contributed by atoms with Gasteiger partial charge in [0.15, 0.2) is 0 Å². The first-order valence-electron chi connectivity index (χ1n) is 7.35. The molecule has 0 heterocycles. The third kappa shape index (κ3) is 8.81.